The molecule has 0 spiro atoms. The molecule has 0 aliphatic carbocycles. The first kappa shape index (κ1) is 13.5. The van der Waals surface area contributed by atoms with Crippen molar-refractivity contribution in [3.63, 3.8) is 0 Å². The Kier molecular flexibility index (Phi) is 3.53. The summed E-state index contributed by atoms with van der Waals surface area (Å²) in [5.41, 5.74) is 1.22. The van der Waals surface area contributed by atoms with Crippen LogP contribution in [0, 0.1) is 12.7 Å². The second-order valence-electron chi connectivity index (χ2n) is 4.46. The quantitative estimate of drug-likeness (QED) is 0.803. The Bertz CT molecular complexity index is 763. The monoisotopic (exact) mass is 301 g/mol. The molecule has 0 fully saturated rings. The molecule has 6 heteroatoms. The van der Waals surface area contributed by atoms with E-state index in [2.05, 4.69) is 10.3 Å². The topological polar surface area (TPSA) is 46.9 Å². The van der Waals surface area contributed by atoms with E-state index < -0.39 is 0 Å². The van der Waals surface area contributed by atoms with Crippen molar-refractivity contribution in [2.45, 2.75) is 6.92 Å². The van der Waals surface area contributed by atoms with Gasteiger partial charge in [-0.25, -0.2) is 9.37 Å². The summed E-state index contributed by atoms with van der Waals surface area (Å²) in [6, 6.07) is 9.46. The number of carbonyl (C=O) groups excluding carboxylic acids is 1. The van der Waals surface area contributed by atoms with Crippen LogP contribution in [0.2, 0.25) is 0 Å². The van der Waals surface area contributed by atoms with Gasteiger partial charge in [-0.3, -0.25) is 4.79 Å². The highest BCUT2D eigenvalue weighted by atomic mass is 32.1. The van der Waals surface area contributed by atoms with Gasteiger partial charge < -0.3 is 9.88 Å². The molecule has 2 heterocycles. The summed E-state index contributed by atoms with van der Waals surface area (Å²) >= 11 is 1.31. The van der Waals surface area contributed by atoms with Crippen molar-refractivity contribution in [2.75, 3.05) is 5.32 Å². The molecule has 0 saturated carbocycles. The molecular weight excluding hydrogens is 289 g/mol. The Labute approximate surface area is 124 Å². The molecule has 0 radical (unpaired) electrons. The number of aryl methyl sites for hydroxylation is 1. The maximum absolute atomic E-state index is 12.8. The summed E-state index contributed by atoms with van der Waals surface area (Å²) in [6.45, 7) is 1.79. The lowest BCUT2D eigenvalue weighted by molar-refractivity contribution is 0.103. The van der Waals surface area contributed by atoms with Crippen LogP contribution >= 0.6 is 11.3 Å². The minimum atomic E-state index is -0.336. The van der Waals surface area contributed by atoms with Crippen LogP contribution in [0.15, 0.2) is 48.8 Å². The summed E-state index contributed by atoms with van der Waals surface area (Å²) in [4.78, 5) is 17.2. The van der Waals surface area contributed by atoms with Crippen LogP contribution in [0.25, 0.3) is 5.13 Å². The fourth-order valence-corrected chi connectivity index (χ4v) is 2.82. The summed E-state index contributed by atoms with van der Waals surface area (Å²) in [7, 11) is 0. The molecule has 0 bridgehead atoms. The summed E-state index contributed by atoms with van der Waals surface area (Å²) in [5.74, 6) is -0.577. The van der Waals surface area contributed by atoms with E-state index in [-0.39, 0.29) is 11.7 Å². The number of halogens is 1. The highest BCUT2D eigenvalue weighted by Crippen LogP contribution is 2.23. The lowest BCUT2D eigenvalue weighted by atomic mass is 10.3. The molecule has 4 nitrogen and oxygen atoms in total. The van der Waals surface area contributed by atoms with Crippen molar-refractivity contribution < 1.29 is 9.18 Å². The van der Waals surface area contributed by atoms with Gasteiger partial charge in [-0.2, -0.15) is 0 Å². The fraction of sp³-hybridized carbons (Fsp3) is 0.0667. The summed E-state index contributed by atoms with van der Waals surface area (Å²) in [6.07, 6.45) is 3.75. The molecule has 21 heavy (non-hydrogen) atoms. The number of anilines is 1. The van der Waals surface area contributed by atoms with Crippen LogP contribution in [0.1, 0.15) is 15.4 Å². The van der Waals surface area contributed by atoms with E-state index in [0.29, 0.717) is 16.3 Å². The van der Waals surface area contributed by atoms with Crippen LogP contribution in [0.5, 0.6) is 0 Å². The molecule has 106 valence electrons. The molecule has 3 aromatic rings. The maximum Gasteiger partial charge on any atom is 0.267 e. The Hall–Kier alpha value is -2.47. The fourth-order valence-electron chi connectivity index (χ4n) is 1.89. The van der Waals surface area contributed by atoms with Gasteiger partial charge in [-0.05, 0) is 43.3 Å². The van der Waals surface area contributed by atoms with E-state index in [1.54, 1.807) is 6.92 Å². The van der Waals surface area contributed by atoms with Gasteiger partial charge in [0.15, 0.2) is 5.13 Å². The van der Waals surface area contributed by atoms with Crippen molar-refractivity contribution in [2.24, 2.45) is 0 Å². The molecule has 2 aromatic heterocycles. The SMILES string of the molecule is Cc1nc(-n2cccc2)sc1C(=O)Nc1ccc(F)cc1. The van der Waals surface area contributed by atoms with E-state index >= 15 is 0 Å². The number of hydrogen-bond acceptors (Lipinski definition) is 3. The number of amides is 1. The number of rotatable bonds is 3. The Morgan fingerprint density at radius 2 is 1.90 bits per heavy atom. The zero-order chi connectivity index (χ0) is 14.8. The first-order valence-electron chi connectivity index (χ1n) is 6.31. The van der Waals surface area contributed by atoms with Gasteiger partial charge in [-0.1, -0.05) is 11.3 Å². The standard InChI is InChI=1S/C15H12FN3OS/c1-10-13(21-15(17-10)19-8-2-3-9-19)14(20)18-12-6-4-11(16)5-7-12/h2-9H,1H3,(H,18,20). The number of aromatic nitrogens is 2. The third-order valence-corrected chi connectivity index (χ3v) is 4.09. The van der Waals surface area contributed by atoms with Crippen molar-refractivity contribution in [1.82, 2.24) is 9.55 Å². The predicted octanol–water partition coefficient (Wildman–Crippen LogP) is 3.63. The highest BCUT2D eigenvalue weighted by Gasteiger charge is 2.16. The molecule has 0 aliphatic heterocycles. The number of hydrogen-bond donors (Lipinski definition) is 1. The van der Waals surface area contributed by atoms with Crippen LogP contribution < -0.4 is 5.32 Å². The van der Waals surface area contributed by atoms with E-state index in [4.69, 9.17) is 0 Å². The van der Waals surface area contributed by atoms with E-state index in [0.717, 1.165) is 5.13 Å². The molecule has 3 rings (SSSR count). The van der Waals surface area contributed by atoms with Gasteiger partial charge in [0.2, 0.25) is 0 Å². The first-order chi connectivity index (χ1) is 10.1. The summed E-state index contributed by atoms with van der Waals surface area (Å²) < 4.78 is 14.7. The molecule has 1 amide bonds. The first-order valence-corrected chi connectivity index (χ1v) is 7.13. The number of benzene rings is 1. The molecular formula is C15H12FN3OS. The van der Waals surface area contributed by atoms with Crippen LogP contribution in [-0.4, -0.2) is 15.5 Å². The molecule has 1 aromatic carbocycles. The van der Waals surface area contributed by atoms with Crippen molar-refractivity contribution in [1.29, 1.82) is 0 Å². The van der Waals surface area contributed by atoms with Gasteiger partial charge in [0.25, 0.3) is 5.91 Å². The zero-order valence-corrected chi connectivity index (χ0v) is 12.0. The Balaban J connectivity index is 1.83. The normalized spacial score (nSPS) is 10.6. The second kappa shape index (κ2) is 5.49. The number of nitrogens with one attached hydrogen (secondary N) is 1. The van der Waals surface area contributed by atoms with Gasteiger partial charge >= 0.3 is 0 Å². The van der Waals surface area contributed by atoms with Crippen molar-refractivity contribution >= 4 is 22.9 Å². The van der Waals surface area contributed by atoms with E-state index in [9.17, 15) is 9.18 Å². The van der Waals surface area contributed by atoms with E-state index in [1.807, 2.05) is 29.1 Å². The van der Waals surface area contributed by atoms with Gasteiger partial charge in [-0.15, -0.1) is 0 Å². The number of nitrogens with zero attached hydrogens (tertiary/aromatic N) is 2. The van der Waals surface area contributed by atoms with Gasteiger partial charge in [0.1, 0.15) is 10.7 Å². The van der Waals surface area contributed by atoms with Crippen LogP contribution in [-0.2, 0) is 0 Å². The average molecular weight is 301 g/mol. The predicted molar refractivity (Wildman–Crippen MR) is 80.5 cm³/mol. The lowest BCUT2D eigenvalue weighted by Gasteiger charge is -2.03. The number of thiazole rings is 1. The molecule has 1 N–H and O–H groups in total. The Morgan fingerprint density at radius 1 is 1.24 bits per heavy atom. The minimum Gasteiger partial charge on any atom is -0.321 e. The average Bonchev–Trinajstić information content (AvgIpc) is 3.10. The molecule has 0 saturated heterocycles. The minimum absolute atomic E-state index is 0.241. The molecule has 0 aliphatic rings. The van der Waals surface area contributed by atoms with Crippen molar-refractivity contribution in [3.05, 3.63) is 65.2 Å². The second-order valence-corrected chi connectivity index (χ2v) is 5.44. The summed E-state index contributed by atoms with van der Waals surface area (Å²) in [5, 5.41) is 3.48. The highest BCUT2D eigenvalue weighted by molar-refractivity contribution is 7.16. The van der Waals surface area contributed by atoms with E-state index in [1.165, 1.54) is 35.6 Å². The van der Waals surface area contributed by atoms with Crippen LogP contribution in [0.4, 0.5) is 10.1 Å². The van der Waals surface area contributed by atoms with Crippen LogP contribution in [0.3, 0.4) is 0 Å². The smallest absolute Gasteiger partial charge is 0.267 e. The van der Waals surface area contributed by atoms with Gasteiger partial charge in [0.05, 0.1) is 5.69 Å². The van der Waals surface area contributed by atoms with Gasteiger partial charge in [0, 0.05) is 18.1 Å². The van der Waals surface area contributed by atoms with Crippen molar-refractivity contribution in [3.8, 4) is 5.13 Å². The molecule has 0 unspecified atom stereocenters. The maximum atomic E-state index is 12.8. The molecule has 0 atom stereocenters. The lowest BCUT2D eigenvalue weighted by Crippen LogP contribution is -2.11. The third kappa shape index (κ3) is 2.85. The largest absolute Gasteiger partial charge is 0.321 e. The number of carbonyl (C=O) groups is 1. The zero-order valence-electron chi connectivity index (χ0n) is 11.2. The third-order valence-electron chi connectivity index (χ3n) is 2.92. The Morgan fingerprint density at radius 3 is 2.57 bits per heavy atom.